The van der Waals surface area contributed by atoms with Gasteiger partial charge < -0.3 is 15.5 Å². The molecule has 0 bridgehead atoms. The molecule has 0 aromatic carbocycles. The van der Waals surface area contributed by atoms with E-state index in [0.717, 1.165) is 32.1 Å². The van der Waals surface area contributed by atoms with E-state index in [0.29, 0.717) is 6.42 Å². The molecule has 1 amide bonds. The molecule has 0 heterocycles. The first-order valence-corrected chi connectivity index (χ1v) is 17.7. The summed E-state index contributed by atoms with van der Waals surface area (Å²) in [7, 11) is 0. The van der Waals surface area contributed by atoms with Gasteiger partial charge in [-0.2, -0.15) is 0 Å². The van der Waals surface area contributed by atoms with Gasteiger partial charge in [-0.1, -0.05) is 153 Å². The molecule has 41 heavy (non-hydrogen) atoms. The summed E-state index contributed by atoms with van der Waals surface area (Å²) in [5.74, 6) is -0.0752. The molecule has 0 radical (unpaired) electrons. The number of unbranched alkanes of at least 4 members (excludes halogenated alkanes) is 20. The van der Waals surface area contributed by atoms with Crippen LogP contribution in [0.4, 0.5) is 0 Å². The molecular weight excluding hydrogens is 506 g/mol. The Labute approximate surface area is 255 Å². The van der Waals surface area contributed by atoms with Gasteiger partial charge in [0.25, 0.3) is 0 Å². The van der Waals surface area contributed by atoms with Crippen molar-refractivity contribution >= 4 is 5.91 Å². The van der Waals surface area contributed by atoms with Crippen LogP contribution >= 0.6 is 0 Å². The van der Waals surface area contributed by atoms with Gasteiger partial charge in [0.2, 0.25) is 5.91 Å². The highest BCUT2D eigenvalue weighted by Crippen LogP contribution is 2.13. The average Bonchev–Trinajstić information content (AvgIpc) is 2.97. The molecule has 0 spiro atoms. The predicted molar refractivity (Wildman–Crippen MR) is 179 cm³/mol. The van der Waals surface area contributed by atoms with Crippen molar-refractivity contribution in [2.24, 2.45) is 0 Å². The molecule has 0 aliphatic carbocycles. The van der Waals surface area contributed by atoms with E-state index in [1.807, 2.05) is 6.08 Å². The average molecular weight is 576 g/mol. The van der Waals surface area contributed by atoms with E-state index in [4.69, 9.17) is 0 Å². The maximum absolute atomic E-state index is 12.3. The maximum Gasteiger partial charge on any atom is 0.220 e. The summed E-state index contributed by atoms with van der Waals surface area (Å²) in [5, 5.41) is 22.8. The molecule has 0 aromatic heterocycles. The zero-order valence-electron chi connectivity index (χ0n) is 27.3. The lowest BCUT2D eigenvalue weighted by Gasteiger charge is -2.20. The van der Waals surface area contributed by atoms with E-state index in [-0.39, 0.29) is 12.5 Å². The van der Waals surface area contributed by atoms with Crippen LogP contribution < -0.4 is 5.32 Å². The van der Waals surface area contributed by atoms with Gasteiger partial charge in [-0.15, -0.1) is 0 Å². The van der Waals surface area contributed by atoms with Crippen LogP contribution in [0.1, 0.15) is 174 Å². The highest BCUT2D eigenvalue weighted by Gasteiger charge is 2.17. The van der Waals surface area contributed by atoms with E-state index in [1.54, 1.807) is 6.08 Å². The summed E-state index contributed by atoms with van der Waals surface area (Å²) in [6, 6.07) is -0.623. The highest BCUT2D eigenvalue weighted by atomic mass is 16.3. The Morgan fingerprint density at radius 2 is 1.00 bits per heavy atom. The van der Waals surface area contributed by atoms with Crippen molar-refractivity contribution in [3.05, 3.63) is 36.5 Å². The molecule has 0 saturated heterocycles. The fraction of sp³-hybridized carbons (Fsp3) is 0.811. The van der Waals surface area contributed by atoms with E-state index >= 15 is 0 Å². The van der Waals surface area contributed by atoms with Crippen LogP contribution in [-0.2, 0) is 4.79 Å². The molecule has 0 saturated carbocycles. The molecule has 0 aliphatic rings. The summed E-state index contributed by atoms with van der Waals surface area (Å²) in [5.41, 5.74) is 0. The number of carbonyl (C=O) groups excluding carboxylic acids is 1. The first-order valence-electron chi connectivity index (χ1n) is 17.7. The number of amides is 1. The van der Waals surface area contributed by atoms with Gasteiger partial charge in [0.15, 0.2) is 0 Å². The van der Waals surface area contributed by atoms with Gasteiger partial charge in [-0.25, -0.2) is 0 Å². The predicted octanol–water partition coefficient (Wildman–Crippen LogP) is 10.3. The van der Waals surface area contributed by atoms with Crippen LogP contribution in [0.2, 0.25) is 0 Å². The molecule has 4 heteroatoms. The number of carbonyl (C=O) groups is 1. The van der Waals surface area contributed by atoms with Crippen molar-refractivity contribution in [3.8, 4) is 0 Å². The zero-order chi connectivity index (χ0) is 30.1. The number of hydrogen-bond acceptors (Lipinski definition) is 3. The minimum Gasteiger partial charge on any atom is -0.394 e. The SMILES string of the molecule is CCCCC/C=C\C/C=C\CCCCCCCCCC(=O)NC(CO)C(O)/C=C/CCCCCCCCCCCC. The molecular formula is C37H69NO3. The van der Waals surface area contributed by atoms with Gasteiger partial charge in [-0.05, 0) is 51.4 Å². The normalized spacial score (nSPS) is 13.6. The Balaban J connectivity index is 3.66. The number of aliphatic hydroxyl groups excluding tert-OH is 2. The number of hydrogen-bond donors (Lipinski definition) is 3. The summed E-state index contributed by atoms with van der Waals surface area (Å²) < 4.78 is 0. The molecule has 3 N–H and O–H groups in total. The van der Waals surface area contributed by atoms with Gasteiger partial charge >= 0.3 is 0 Å². The van der Waals surface area contributed by atoms with Crippen molar-refractivity contribution in [3.63, 3.8) is 0 Å². The van der Waals surface area contributed by atoms with Crippen molar-refractivity contribution in [1.82, 2.24) is 5.32 Å². The molecule has 240 valence electrons. The Bertz CT molecular complexity index is 628. The molecule has 0 aliphatic heterocycles. The zero-order valence-corrected chi connectivity index (χ0v) is 27.3. The van der Waals surface area contributed by atoms with Gasteiger partial charge in [0, 0.05) is 6.42 Å². The summed E-state index contributed by atoms with van der Waals surface area (Å²) >= 11 is 0. The molecule has 2 atom stereocenters. The third-order valence-corrected chi connectivity index (χ3v) is 7.87. The quantitative estimate of drug-likeness (QED) is 0.0569. The topological polar surface area (TPSA) is 69.6 Å². The van der Waals surface area contributed by atoms with Crippen LogP contribution in [0.3, 0.4) is 0 Å². The van der Waals surface area contributed by atoms with Crippen molar-refractivity contribution in [1.29, 1.82) is 0 Å². The second kappa shape index (κ2) is 33.1. The Morgan fingerprint density at radius 1 is 0.585 bits per heavy atom. The van der Waals surface area contributed by atoms with Crippen molar-refractivity contribution in [2.75, 3.05) is 6.61 Å². The van der Waals surface area contributed by atoms with E-state index < -0.39 is 12.1 Å². The van der Waals surface area contributed by atoms with Crippen LogP contribution in [0, 0.1) is 0 Å². The lowest BCUT2D eigenvalue weighted by molar-refractivity contribution is -0.123. The van der Waals surface area contributed by atoms with Crippen molar-refractivity contribution in [2.45, 2.75) is 187 Å². The third-order valence-electron chi connectivity index (χ3n) is 7.87. The molecule has 2 unspecified atom stereocenters. The third kappa shape index (κ3) is 29.9. The molecule has 0 fully saturated rings. The smallest absolute Gasteiger partial charge is 0.220 e. The minimum atomic E-state index is -0.839. The van der Waals surface area contributed by atoms with E-state index in [9.17, 15) is 15.0 Å². The summed E-state index contributed by atoms with van der Waals surface area (Å²) in [4.78, 5) is 12.3. The van der Waals surface area contributed by atoms with E-state index in [2.05, 4.69) is 43.5 Å². The van der Waals surface area contributed by atoms with E-state index in [1.165, 1.54) is 122 Å². The number of allylic oxidation sites excluding steroid dienone is 5. The molecule has 0 aromatic rings. The van der Waals surface area contributed by atoms with Gasteiger partial charge in [0.05, 0.1) is 18.8 Å². The lowest BCUT2D eigenvalue weighted by Crippen LogP contribution is -2.45. The second-order valence-electron chi connectivity index (χ2n) is 11.9. The summed E-state index contributed by atoms with van der Waals surface area (Å²) in [6.45, 7) is 4.25. The molecule has 4 nitrogen and oxygen atoms in total. The molecule has 0 rings (SSSR count). The highest BCUT2D eigenvalue weighted by molar-refractivity contribution is 5.76. The standard InChI is InChI=1S/C37H69NO3/c1-3-5-7-9-11-13-15-17-18-19-20-21-23-25-27-29-31-33-37(41)38-35(34-39)36(40)32-30-28-26-24-22-16-14-12-10-8-6-4-2/h11,13,17-18,30,32,35-36,39-40H,3-10,12,14-16,19-29,31,33-34H2,1-2H3,(H,38,41)/b13-11-,18-17-,32-30+. The lowest BCUT2D eigenvalue weighted by atomic mass is 10.1. The fourth-order valence-electron chi connectivity index (χ4n) is 5.09. The number of rotatable bonds is 31. The van der Waals surface area contributed by atoms with Crippen LogP contribution in [0.5, 0.6) is 0 Å². The Kier molecular flexibility index (Phi) is 32.0. The van der Waals surface area contributed by atoms with Crippen molar-refractivity contribution < 1.29 is 15.0 Å². The number of aliphatic hydroxyl groups is 2. The Hall–Kier alpha value is -1.39. The Morgan fingerprint density at radius 3 is 1.51 bits per heavy atom. The first-order chi connectivity index (χ1) is 20.2. The number of nitrogens with one attached hydrogen (secondary N) is 1. The van der Waals surface area contributed by atoms with Gasteiger partial charge in [0.1, 0.15) is 0 Å². The second-order valence-corrected chi connectivity index (χ2v) is 11.9. The minimum absolute atomic E-state index is 0.0752. The van der Waals surface area contributed by atoms with Crippen LogP contribution in [-0.4, -0.2) is 34.9 Å². The maximum atomic E-state index is 12.3. The first kappa shape index (κ1) is 39.6. The summed E-state index contributed by atoms with van der Waals surface area (Å²) in [6.07, 6.45) is 42.2. The largest absolute Gasteiger partial charge is 0.394 e. The van der Waals surface area contributed by atoms with Crippen LogP contribution in [0.25, 0.3) is 0 Å². The monoisotopic (exact) mass is 576 g/mol. The van der Waals surface area contributed by atoms with Crippen LogP contribution in [0.15, 0.2) is 36.5 Å². The fourth-order valence-corrected chi connectivity index (χ4v) is 5.09. The van der Waals surface area contributed by atoms with Gasteiger partial charge in [-0.3, -0.25) is 4.79 Å².